The maximum atomic E-state index is 13.4. The van der Waals surface area contributed by atoms with E-state index in [1.54, 1.807) is 20.8 Å². The lowest BCUT2D eigenvalue weighted by atomic mass is 10.0. The molecule has 4 unspecified atom stereocenters. The van der Waals surface area contributed by atoms with Crippen molar-refractivity contribution in [1.29, 1.82) is 0 Å². The first kappa shape index (κ1) is 27.6. The minimum absolute atomic E-state index is 0.0327. The van der Waals surface area contributed by atoms with Gasteiger partial charge in [0.1, 0.15) is 23.7 Å². The minimum atomic E-state index is -0.957. The lowest BCUT2D eigenvalue weighted by Gasteiger charge is -2.30. The molecule has 0 aromatic carbocycles. The summed E-state index contributed by atoms with van der Waals surface area (Å²) in [6.07, 6.45) is 7.16. The van der Waals surface area contributed by atoms with Crippen LogP contribution in [0.2, 0.25) is 0 Å². The first-order valence-electron chi connectivity index (χ1n) is 12.0. The maximum Gasteiger partial charge on any atom is 0.408 e. The first-order valence-corrected chi connectivity index (χ1v) is 12.0. The standard InChI is InChI=1S/C24H39N3O7/c1-24(2,3)34-23(32)26-17-12-10-8-6-5-7-9-11-13-18(22(31)33-4)25-20(29)19-14-16(28)15-27(19)21(17)30/h7,9,16-19,28H,5-6,8,10-15H2,1-4H3,(H,25,29)(H,26,32). The van der Waals surface area contributed by atoms with Crippen LogP contribution in [0.3, 0.4) is 0 Å². The molecule has 3 amide bonds. The summed E-state index contributed by atoms with van der Waals surface area (Å²) in [4.78, 5) is 52.4. The van der Waals surface area contributed by atoms with Crippen molar-refractivity contribution in [3.8, 4) is 0 Å². The number of alkyl carbamates (subject to hydrolysis) is 1. The summed E-state index contributed by atoms with van der Waals surface area (Å²) >= 11 is 0. The van der Waals surface area contributed by atoms with Crippen molar-refractivity contribution in [1.82, 2.24) is 15.5 Å². The van der Waals surface area contributed by atoms with Crippen LogP contribution >= 0.6 is 0 Å². The van der Waals surface area contributed by atoms with Crippen LogP contribution in [0.4, 0.5) is 4.79 Å². The normalized spacial score (nSPS) is 27.5. The van der Waals surface area contributed by atoms with Crippen molar-refractivity contribution in [2.45, 2.75) is 102 Å². The summed E-state index contributed by atoms with van der Waals surface area (Å²) in [5.41, 5.74) is -0.729. The van der Waals surface area contributed by atoms with Gasteiger partial charge in [0.15, 0.2) is 0 Å². The summed E-state index contributed by atoms with van der Waals surface area (Å²) in [6, 6.07) is -2.71. The average molecular weight is 482 g/mol. The molecule has 2 aliphatic heterocycles. The van der Waals surface area contributed by atoms with Crippen molar-refractivity contribution in [2.24, 2.45) is 0 Å². The zero-order valence-electron chi connectivity index (χ0n) is 20.7. The Labute approximate surface area is 201 Å². The molecule has 0 aromatic heterocycles. The second-order valence-electron chi connectivity index (χ2n) is 9.87. The zero-order chi connectivity index (χ0) is 25.3. The minimum Gasteiger partial charge on any atom is -0.467 e. The van der Waals surface area contributed by atoms with Crippen LogP contribution in [0.1, 0.15) is 72.1 Å². The van der Waals surface area contributed by atoms with Gasteiger partial charge in [-0.05, 0) is 52.9 Å². The number of ether oxygens (including phenoxy) is 2. The molecule has 0 saturated carbocycles. The highest BCUT2D eigenvalue weighted by Crippen LogP contribution is 2.22. The fourth-order valence-electron chi connectivity index (χ4n) is 4.16. The number of carbonyl (C=O) groups is 4. The number of nitrogens with zero attached hydrogens (tertiary/aromatic N) is 1. The number of amides is 3. The third-order valence-corrected chi connectivity index (χ3v) is 5.81. The Morgan fingerprint density at radius 1 is 1.12 bits per heavy atom. The van der Waals surface area contributed by atoms with Gasteiger partial charge in [0.25, 0.3) is 0 Å². The number of methoxy groups -OCH3 is 1. The number of aliphatic hydroxyl groups is 1. The average Bonchev–Trinajstić information content (AvgIpc) is 3.15. The molecule has 1 saturated heterocycles. The molecule has 0 spiro atoms. The molecule has 34 heavy (non-hydrogen) atoms. The molecule has 0 bridgehead atoms. The van der Waals surface area contributed by atoms with Gasteiger partial charge in [-0.15, -0.1) is 0 Å². The Balaban J connectivity index is 2.26. The Hall–Kier alpha value is -2.62. The molecule has 2 aliphatic rings. The Morgan fingerprint density at radius 2 is 1.82 bits per heavy atom. The summed E-state index contributed by atoms with van der Waals surface area (Å²) in [6.45, 7) is 5.16. The molecule has 10 heteroatoms. The number of carbonyl (C=O) groups excluding carboxylic acids is 4. The summed E-state index contributed by atoms with van der Waals surface area (Å²) < 4.78 is 10.2. The number of esters is 1. The molecule has 1 fully saturated rings. The largest absolute Gasteiger partial charge is 0.467 e. The van der Waals surface area contributed by atoms with Crippen molar-refractivity contribution >= 4 is 23.9 Å². The molecule has 10 nitrogen and oxygen atoms in total. The Bertz CT molecular complexity index is 762. The van der Waals surface area contributed by atoms with Crippen LogP contribution in [-0.4, -0.2) is 77.4 Å². The highest BCUT2D eigenvalue weighted by Gasteiger charge is 2.42. The highest BCUT2D eigenvalue weighted by atomic mass is 16.6. The van der Waals surface area contributed by atoms with Crippen LogP contribution in [-0.2, 0) is 23.9 Å². The van der Waals surface area contributed by atoms with E-state index in [1.165, 1.54) is 12.0 Å². The van der Waals surface area contributed by atoms with Gasteiger partial charge in [0.05, 0.1) is 13.2 Å². The quantitative estimate of drug-likeness (QED) is 0.404. The van der Waals surface area contributed by atoms with E-state index in [0.717, 1.165) is 19.3 Å². The van der Waals surface area contributed by atoms with Gasteiger partial charge in [-0.25, -0.2) is 9.59 Å². The third kappa shape index (κ3) is 8.62. The number of hydrogen-bond acceptors (Lipinski definition) is 7. The molecule has 4 atom stereocenters. The molecule has 192 valence electrons. The van der Waals surface area contributed by atoms with Gasteiger partial charge in [0.2, 0.25) is 11.8 Å². The number of aliphatic hydroxyl groups excluding tert-OH is 1. The fraction of sp³-hybridized carbons (Fsp3) is 0.750. The predicted molar refractivity (Wildman–Crippen MR) is 125 cm³/mol. The summed E-state index contributed by atoms with van der Waals surface area (Å²) in [5.74, 6) is -1.56. The third-order valence-electron chi connectivity index (χ3n) is 5.81. The van der Waals surface area contributed by atoms with Gasteiger partial charge in [-0.2, -0.15) is 0 Å². The van der Waals surface area contributed by atoms with Gasteiger partial charge in [-0.3, -0.25) is 9.59 Å². The zero-order valence-corrected chi connectivity index (χ0v) is 20.7. The highest BCUT2D eigenvalue weighted by molar-refractivity contribution is 5.93. The topological polar surface area (TPSA) is 134 Å². The molecule has 0 aromatic rings. The Kier molecular flexibility index (Phi) is 10.3. The van der Waals surface area contributed by atoms with Crippen molar-refractivity contribution < 1.29 is 33.8 Å². The molecule has 0 aliphatic carbocycles. The van der Waals surface area contributed by atoms with Crippen LogP contribution < -0.4 is 10.6 Å². The monoisotopic (exact) mass is 481 g/mol. The fourth-order valence-corrected chi connectivity index (χ4v) is 4.16. The van der Waals surface area contributed by atoms with E-state index in [9.17, 15) is 24.3 Å². The number of rotatable bonds is 2. The summed E-state index contributed by atoms with van der Waals surface area (Å²) in [7, 11) is 1.26. The SMILES string of the molecule is COC(=O)C1CCC=CCCCCCC(NC(=O)OC(C)(C)C)C(=O)N2CC(O)CC2C(=O)N1. The van der Waals surface area contributed by atoms with E-state index < -0.39 is 53.7 Å². The van der Waals surface area contributed by atoms with E-state index in [2.05, 4.69) is 10.6 Å². The molecule has 0 radical (unpaired) electrons. The van der Waals surface area contributed by atoms with Crippen LogP contribution in [0.25, 0.3) is 0 Å². The van der Waals surface area contributed by atoms with Crippen molar-refractivity contribution in [3.63, 3.8) is 0 Å². The molecule has 2 rings (SSSR count). The number of hydrogen-bond donors (Lipinski definition) is 3. The molecular weight excluding hydrogens is 442 g/mol. The second kappa shape index (κ2) is 12.7. The lowest BCUT2D eigenvalue weighted by molar-refractivity contribution is -0.146. The van der Waals surface area contributed by atoms with Crippen LogP contribution in [0.5, 0.6) is 0 Å². The lowest BCUT2D eigenvalue weighted by Crippen LogP contribution is -2.55. The van der Waals surface area contributed by atoms with E-state index in [4.69, 9.17) is 9.47 Å². The van der Waals surface area contributed by atoms with Gasteiger partial charge in [0, 0.05) is 13.0 Å². The summed E-state index contributed by atoms with van der Waals surface area (Å²) in [5, 5.41) is 15.6. The number of fused-ring (bicyclic) bond motifs is 1. The molecule has 3 N–H and O–H groups in total. The smallest absolute Gasteiger partial charge is 0.408 e. The van der Waals surface area contributed by atoms with Gasteiger partial charge < -0.3 is 30.1 Å². The first-order chi connectivity index (χ1) is 16.0. The second-order valence-corrected chi connectivity index (χ2v) is 9.87. The van der Waals surface area contributed by atoms with E-state index in [1.807, 2.05) is 12.2 Å². The molecular formula is C24H39N3O7. The Morgan fingerprint density at radius 3 is 2.50 bits per heavy atom. The van der Waals surface area contributed by atoms with E-state index in [0.29, 0.717) is 25.7 Å². The van der Waals surface area contributed by atoms with Crippen molar-refractivity contribution in [3.05, 3.63) is 12.2 Å². The predicted octanol–water partition coefficient (Wildman–Crippen LogP) is 1.80. The maximum absolute atomic E-state index is 13.4. The van der Waals surface area contributed by atoms with Crippen molar-refractivity contribution in [2.75, 3.05) is 13.7 Å². The van der Waals surface area contributed by atoms with Gasteiger partial charge in [-0.1, -0.05) is 25.0 Å². The van der Waals surface area contributed by atoms with Gasteiger partial charge >= 0.3 is 12.1 Å². The van der Waals surface area contributed by atoms with Crippen LogP contribution in [0.15, 0.2) is 12.2 Å². The van der Waals surface area contributed by atoms with E-state index in [-0.39, 0.29) is 13.0 Å². The van der Waals surface area contributed by atoms with Crippen LogP contribution in [0, 0.1) is 0 Å². The number of allylic oxidation sites excluding steroid dienone is 2. The molecule has 2 heterocycles. The van der Waals surface area contributed by atoms with E-state index >= 15 is 0 Å². The number of nitrogens with one attached hydrogen (secondary N) is 2.